The lowest BCUT2D eigenvalue weighted by atomic mass is 9.88. The molecule has 0 bridgehead atoms. The van der Waals surface area contributed by atoms with Crippen LogP contribution in [0.2, 0.25) is 0 Å². The largest absolute Gasteiger partial charge is 0.508 e. The number of benzene rings is 1. The van der Waals surface area contributed by atoms with Crippen LogP contribution in [0.5, 0.6) is 5.75 Å². The summed E-state index contributed by atoms with van der Waals surface area (Å²) < 4.78 is 86.8. The fraction of sp³-hybridized carbons (Fsp3) is 0.600. The highest BCUT2D eigenvalue weighted by molar-refractivity contribution is 7.92. The van der Waals surface area contributed by atoms with Crippen LogP contribution < -0.4 is 0 Å². The fourth-order valence-electron chi connectivity index (χ4n) is 2.63. The molecule has 1 atom stereocenters. The number of aromatic hydroxyl groups is 1. The smallest absolute Gasteiger partial charge is 0.501 e. The van der Waals surface area contributed by atoms with Gasteiger partial charge in [-0.15, -0.1) is 0 Å². The van der Waals surface area contributed by atoms with Gasteiger partial charge in [0.15, 0.2) is 0 Å². The molecule has 2 aliphatic carbocycles. The van der Waals surface area contributed by atoms with Gasteiger partial charge in [-0.3, -0.25) is 0 Å². The quantitative estimate of drug-likeness (QED) is 0.719. The predicted molar refractivity (Wildman–Crippen MR) is 78.0 cm³/mol. The van der Waals surface area contributed by atoms with E-state index < -0.39 is 55.6 Å². The first-order valence-electron chi connectivity index (χ1n) is 7.51. The second-order valence-electron chi connectivity index (χ2n) is 6.30. The van der Waals surface area contributed by atoms with E-state index in [4.69, 9.17) is 0 Å². The summed E-state index contributed by atoms with van der Waals surface area (Å²) in [7, 11) is -5.91. The SMILES string of the molecule is CC1CCC1.O=S(=O)(c1ccc(O)c2c1[C@H](O)C(F)(F)C2)C(F)(F)F. The van der Waals surface area contributed by atoms with Crippen LogP contribution in [0.1, 0.15) is 43.4 Å². The third-order valence-corrected chi connectivity index (χ3v) is 5.91. The Morgan fingerprint density at radius 3 is 2.12 bits per heavy atom. The zero-order chi connectivity index (χ0) is 19.2. The van der Waals surface area contributed by atoms with Gasteiger partial charge in [0.25, 0.3) is 15.8 Å². The summed E-state index contributed by atoms with van der Waals surface area (Å²) in [5, 5.41) is 18.7. The van der Waals surface area contributed by atoms with Crippen molar-refractivity contribution in [3.05, 3.63) is 23.3 Å². The van der Waals surface area contributed by atoms with Gasteiger partial charge in [0.1, 0.15) is 11.9 Å². The molecule has 3 rings (SSSR count). The van der Waals surface area contributed by atoms with E-state index in [-0.39, 0.29) is 0 Å². The van der Waals surface area contributed by atoms with Crippen molar-refractivity contribution in [1.82, 2.24) is 0 Å². The molecule has 142 valence electrons. The molecule has 0 aromatic heterocycles. The van der Waals surface area contributed by atoms with Crippen molar-refractivity contribution in [1.29, 1.82) is 0 Å². The number of hydrogen-bond donors (Lipinski definition) is 2. The number of alkyl halides is 5. The molecule has 1 saturated carbocycles. The number of aliphatic hydroxyl groups excluding tert-OH is 1. The maximum absolute atomic E-state index is 13.3. The highest BCUT2D eigenvalue weighted by Gasteiger charge is 2.54. The topological polar surface area (TPSA) is 74.6 Å². The molecule has 0 unspecified atom stereocenters. The first-order valence-corrected chi connectivity index (χ1v) is 8.99. The number of aliphatic hydroxyl groups is 1. The molecule has 1 aromatic rings. The third kappa shape index (κ3) is 3.59. The maximum atomic E-state index is 13.3. The van der Waals surface area contributed by atoms with E-state index in [0.717, 1.165) is 5.92 Å². The van der Waals surface area contributed by atoms with Crippen LogP contribution in [0, 0.1) is 5.92 Å². The lowest BCUT2D eigenvalue weighted by molar-refractivity contribution is -0.0978. The molecule has 1 aromatic carbocycles. The van der Waals surface area contributed by atoms with Crippen LogP contribution >= 0.6 is 0 Å². The molecule has 2 aliphatic rings. The molecule has 1 fully saturated rings. The molecular weight excluding hydrogens is 371 g/mol. The van der Waals surface area contributed by atoms with Crippen molar-refractivity contribution in [2.24, 2.45) is 5.92 Å². The summed E-state index contributed by atoms with van der Waals surface area (Å²) in [6, 6.07) is 0.924. The minimum Gasteiger partial charge on any atom is -0.508 e. The summed E-state index contributed by atoms with van der Waals surface area (Å²) in [4.78, 5) is -1.47. The number of phenolic OH excluding ortho intramolecular Hbond substituents is 1. The van der Waals surface area contributed by atoms with E-state index in [0.29, 0.717) is 12.1 Å². The Morgan fingerprint density at radius 2 is 1.72 bits per heavy atom. The minimum atomic E-state index is -5.91. The van der Waals surface area contributed by atoms with Gasteiger partial charge < -0.3 is 10.2 Å². The zero-order valence-electron chi connectivity index (χ0n) is 13.1. The van der Waals surface area contributed by atoms with E-state index in [1.165, 1.54) is 19.3 Å². The minimum absolute atomic E-state index is 0.349. The molecule has 0 amide bonds. The van der Waals surface area contributed by atoms with E-state index in [1.54, 1.807) is 0 Å². The summed E-state index contributed by atoms with van der Waals surface area (Å²) in [6.45, 7) is 2.31. The van der Waals surface area contributed by atoms with Crippen LogP contribution in [0.25, 0.3) is 0 Å². The Bertz CT molecular complexity index is 754. The van der Waals surface area contributed by atoms with Crippen LogP contribution in [-0.2, 0) is 16.3 Å². The van der Waals surface area contributed by atoms with Gasteiger partial charge in [-0.2, -0.15) is 13.2 Å². The molecule has 0 aliphatic heterocycles. The first-order chi connectivity index (χ1) is 11.3. The van der Waals surface area contributed by atoms with Crippen molar-refractivity contribution in [3.8, 4) is 5.75 Å². The molecule has 4 nitrogen and oxygen atoms in total. The lowest BCUT2D eigenvalue weighted by Gasteiger charge is -2.18. The summed E-state index contributed by atoms with van der Waals surface area (Å²) >= 11 is 0. The molecule has 0 heterocycles. The predicted octanol–water partition coefficient (Wildman–Crippen LogP) is 3.72. The molecule has 2 N–H and O–H groups in total. The van der Waals surface area contributed by atoms with Crippen LogP contribution in [0.15, 0.2) is 17.0 Å². The van der Waals surface area contributed by atoms with Gasteiger partial charge in [0, 0.05) is 17.5 Å². The van der Waals surface area contributed by atoms with Crippen molar-refractivity contribution in [2.45, 2.75) is 55.0 Å². The highest BCUT2D eigenvalue weighted by atomic mass is 32.2. The van der Waals surface area contributed by atoms with Gasteiger partial charge in [-0.25, -0.2) is 17.2 Å². The molecule has 10 heteroatoms. The zero-order valence-corrected chi connectivity index (χ0v) is 14.0. The lowest BCUT2D eigenvalue weighted by Crippen LogP contribution is -2.26. The third-order valence-electron chi connectivity index (χ3n) is 4.37. The Kier molecular flexibility index (Phi) is 5.08. The number of hydrogen-bond acceptors (Lipinski definition) is 4. The average molecular weight is 388 g/mol. The van der Waals surface area contributed by atoms with Gasteiger partial charge >= 0.3 is 5.51 Å². The van der Waals surface area contributed by atoms with Crippen LogP contribution in [0.3, 0.4) is 0 Å². The Labute approximate surface area is 141 Å². The van der Waals surface area contributed by atoms with Crippen LogP contribution in [0.4, 0.5) is 22.0 Å². The van der Waals surface area contributed by atoms with E-state index in [2.05, 4.69) is 6.92 Å². The molecule has 0 spiro atoms. The van der Waals surface area contributed by atoms with E-state index in [9.17, 15) is 40.6 Å². The summed E-state index contributed by atoms with van der Waals surface area (Å²) in [5.41, 5.74) is -7.50. The number of rotatable bonds is 1. The van der Waals surface area contributed by atoms with Crippen LogP contribution in [-0.4, -0.2) is 30.1 Å². The van der Waals surface area contributed by atoms with Gasteiger partial charge in [-0.05, 0) is 18.1 Å². The number of sulfone groups is 1. The monoisotopic (exact) mass is 388 g/mol. The standard InChI is InChI=1S/C10H7F5O4S.C5H10/c11-9(12)3-4-5(16)1-2-6(7(4)8(9)17)20(18,19)10(13,14)15;1-5-3-2-4-5/h1-2,8,16-17H,3H2;5H,2-4H2,1H3/t8-;/m0./s1. The highest BCUT2D eigenvalue weighted by Crippen LogP contribution is 2.50. The normalized spacial score (nSPS) is 22.6. The summed E-state index contributed by atoms with van der Waals surface area (Å²) in [5.74, 6) is -3.58. The average Bonchev–Trinajstić information content (AvgIpc) is 2.69. The van der Waals surface area contributed by atoms with E-state index >= 15 is 0 Å². The van der Waals surface area contributed by atoms with Gasteiger partial charge in [0.2, 0.25) is 0 Å². The van der Waals surface area contributed by atoms with E-state index in [1.807, 2.05) is 0 Å². The summed E-state index contributed by atoms with van der Waals surface area (Å²) in [6.07, 6.45) is 0.495. The molecular formula is C15H17F5O4S. The maximum Gasteiger partial charge on any atom is 0.501 e. The van der Waals surface area contributed by atoms with Crippen molar-refractivity contribution in [2.75, 3.05) is 0 Å². The van der Waals surface area contributed by atoms with Gasteiger partial charge in [-0.1, -0.05) is 26.2 Å². The molecule has 25 heavy (non-hydrogen) atoms. The second-order valence-corrected chi connectivity index (χ2v) is 8.21. The molecule has 0 saturated heterocycles. The number of halogens is 5. The first kappa shape index (κ1) is 19.9. The van der Waals surface area contributed by atoms with Crippen molar-refractivity contribution >= 4 is 9.84 Å². The Hall–Kier alpha value is -1.42. The Balaban J connectivity index is 0.000000386. The van der Waals surface area contributed by atoms with Crippen molar-refractivity contribution < 1.29 is 40.6 Å². The second kappa shape index (κ2) is 6.39. The van der Waals surface area contributed by atoms with Gasteiger partial charge in [0.05, 0.1) is 4.90 Å². The molecule has 0 radical (unpaired) electrons. The fourth-order valence-corrected chi connectivity index (χ4v) is 3.65. The van der Waals surface area contributed by atoms with Crippen molar-refractivity contribution in [3.63, 3.8) is 0 Å². The number of fused-ring (bicyclic) bond motifs is 1. The Morgan fingerprint density at radius 1 is 1.20 bits per heavy atom. The number of phenols is 1.